The number of benzene rings is 1. The van der Waals surface area contributed by atoms with Crippen molar-refractivity contribution in [3.05, 3.63) is 29.8 Å². The molecule has 10 heteroatoms. The van der Waals surface area contributed by atoms with Crippen LogP contribution in [-0.2, 0) is 38.0 Å². The molecule has 0 spiro atoms. The van der Waals surface area contributed by atoms with Gasteiger partial charge >= 0.3 is 16.1 Å². The molecule has 0 fully saturated rings. The molecule has 0 aliphatic heterocycles. The zero-order valence-corrected chi connectivity index (χ0v) is 16.1. The molecule has 0 amide bonds. The van der Waals surface area contributed by atoms with E-state index in [9.17, 15) is 13.2 Å². The minimum atomic E-state index is -4.14. The molecule has 0 atom stereocenters. The van der Waals surface area contributed by atoms with Gasteiger partial charge in [-0.15, -0.1) is 0 Å². The van der Waals surface area contributed by atoms with E-state index in [1.165, 1.54) is 12.1 Å². The highest BCUT2D eigenvalue weighted by atomic mass is 32.2. The van der Waals surface area contributed by atoms with E-state index >= 15 is 0 Å². The Labute approximate surface area is 159 Å². The van der Waals surface area contributed by atoms with Crippen LogP contribution in [0.25, 0.3) is 0 Å². The second-order valence-corrected chi connectivity index (χ2v) is 6.88. The van der Waals surface area contributed by atoms with Crippen molar-refractivity contribution in [3.63, 3.8) is 0 Å². The first-order valence-electron chi connectivity index (χ1n) is 8.41. The maximum Gasteiger partial charge on any atom is 0.348 e. The molecule has 1 rings (SSSR count). The van der Waals surface area contributed by atoms with Crippen molar-refractivity contribution in [3.8, 4) is 0 Å². The van der Waals surface area contributed by atoms with Crippen molar-refractivity contribution in [2.24, 2.45) is 0 Å². The quantitative estimate of drug-likeness (QED) is 0.324. The lowest BCUT2D eigenvalue weighted by atomic mass is 10.2. The third-order valence-corrected chi connectivity index (χ3v) is 4.34. The van der Waals surface area contributed by atoms with Crippen LogP contribution in [0, 0.1) is 6.92 Å². The van der Waals surface area contributed by atoms with Crippen molar-refractivity contribution in [1.29, 1.82) is 0 Å². The summed E-state index contributed by atoms with van der Waals surface area (Å²) < 4.78 is 48.8. The normalized spacial score (nSPS) is 11.5. The predicted molar refractivity (Wildman–Crippen MR) is 94.8 cm³/mol. The van der Waals surface area contributed by atoms with Gasteiger partial charge in [-0.25, -0.2) is 4.79 Å². The molecule has 1 N–H and O–H groups in total. The Morgan fingerprint density at radius 1 is 0.852 bits per heavy atom. The van der Waals surface area contributed by atoms with Crippen LogP contribution < -0.4 is 0 Å². The van der Waals surface area contributed by atoms with Gasteiger partial charge in [-0.1, -0.05) is 17.7 Å². The fraction of sp³-hybridized carbons (Fsp3) is 0.588. The molecule has 0 saturated heterocycles. The molecule has 0 heterocycles. The lowest BCUT2D eigenvalue weighted by molar-refractivity contribution is -0.139. The molecule has 1 aromatic rings. The average molecular weight is 406 g/mol. The summed E-state index contributed by atoms with van der Waals surface area (Å²) in [6, 6.07) is 5.96. The van der Waals surface area contributed by atoms with Gasteiger partial charge in [0.15, 0.2) is 0 Å². The molecule has 0 aromatic heterocycles. The zero-order valence-electron chi connectivity index (χ0n) is 15.3. The first-order chi connectivity index (χ1) is 13.0. The second-order valence-electron chi connectivity index (χ2n) is 5.34. The van der Waals surface area contributed by atoms with Gasteiger partial charge in [-0.2, -0.15) is 8.42 Å². The standard InChI is InChI=1S/C17H26O9S/c1-15-2-4-16(5-3-15)27(20,21)26-17(19)14-25-13-12-24-11-10-23-9-8-22-7-6-18/h2-5,18H,6-14H2,1H3. The monoisotopic (exact) mass is 406 g/mol. The second kappa shape index (κ2) is 13.6. The molecule has 1 aromatic carbocycles. The predicted octanol–water partition coefficient (Wildman–Crippen LogP) is 0.286. The smallest absolute Gasteiger partial charge is 0.348 e. The number of hydrogen-bond acceptors (Lipinski definition) is 9. The molecule has 0 unspecified atom stereocenters. The Morgan fingerprint density at radius 2 is 1.33 bits per heavy atom. The number of rotatable bonds is 15. The van der Waals surface area contributed by atoms with Crippen LogP contribution in [0.3, 0.4) is 0 Å². The molecule has 154 valence electrons. The van der Waals surface area contributed by atoms with Crippen LogP contribution in [0.2, 0.25) is 0 Å². The molecule has 0 aliphatic carbocycles. The first kappa shape index (κ1) is 23.5. The van der Waals surface area contributed by atoms with Gasteiger partial charge < -0.3 is 28.2 Å². The minimum absolute atomic E-state index is 0.0193. The van der Waals surface area contributed by atoms with E-state index in [-0.39, 0.29) is 31.3 Å². The van der Waals surface area contributed by atoms with Crippen LogP contribution in [0.4, 0.5) is 0 Å². The van der Waals surface area contributed by atoms with Crippen LogP contribution in [0.5, 0.6) is 0 Å². The minimum Gasteiger partial charge on any atom is -0.394 e. The number of carbonyl (C=O) groups excluding carboxylic acids is 1. The van der Waals surface area contributed by atoms with Gasteiger partial charge in [-0.05, 0) is 19.1 Å². The lowest BCUT2D eigenvalue weighted by Gasteiger charge is -2.08. The Kier molecular flexibility index (Phi) is 11.8. The zero-order chi connectivity index (χ0) is 20.0. The van der Waals surface area contributed by atoms with Gasteiger partial charge in [0.05, 0.1) is 52.9 Å². The molecule has 0 aliphatic rings. The molecule has 0 saturated carbocycles. The lowest BCUT2D eigenvalue weighted by Crippen LogP contribution is -2.19. The van der Waals surface area contributed by atoms with E-state index in [1.54, 1.807) is 12.1 Å². The van der Waals surface area contributed by atoms with E-state index < -0.39 is 22.7 Å². The van der Waals surface area contributed by atoms with Crippen molar-refractivity contribution in [2.45, 2.75) is 11.8 Å². The summed E-state index contributed by atoms with van der Waals surface area (Å²) in [5, 5.41) is 8.50. The van der Waals surface area contributed by atoms with Crippen LogP contribution >= 0.6 is 0 Å². The Morgan fingerprint density at radius 3 is 1.85 bits per heavy atom. The van der Waals surface area contributed by atoms with E-state index in [0.717, 1.165) is 5.56 Å². The summed E-state index contributed by atoms with van der Waals surface area (Å²) in [7, 11) is -4.14. The van der Waals surface area contributed by atoms with Gasteiger partial charge in [0.25, 0.3) is 0 Å². The first-order valence-corrected chi connectivity index (χ1v) is 9.82. The summed E-state index contributed by atoms with van der Waals surface area (Å²) in [4.78, 5) is 11.5. The van der Waals surface area contributed by atoms with Crippen LogP contribution in [0.1, 0.15) is 5.56 Å². The van der Waals surface area contributed by atoms with Gasteiger partial charge in [0.1, 0.15) is 11.5 Å². The van der Waals surface area contributed by atoms with E-state index in [0.29, 0.717) is 26.4 Å². The number of ether oxygens (including phenoxy) is 4. The maximum absolute atomic E-state index is 11.9. The summed E-state index contributed by atoms with van der Waals surface area (Å²) in [5.74, 6) is -0.998. The van der Waals surface area contributed by atoms with Crippen molar-refractivity contribution >= 4 is 16.1 Å². The Hall–Kier alpha value is -1.56. The Bertz CT molecular complexity index is 628. The molecular weight excluding hydrogens is 380 g/mol. The van der Waals surface area contributed by atoms with Crippen LogP contribution in [-0.4, -0.2) is 79.0 Å². The van der Waals surface area contributed by atoms with E-state index in [4.69, 9.17) is 24.1 Å². The topological polar surface area (TPSA) is 118 Å². The number of aliphatic hydroxyl groups is 1. The Balaban J connectivity index is 2.05. The number of aryl methyl sites for hydroxylation is 1. The highest BCUT2D eigenvalue weighted by Crippen LogP contribution is 2.13. The van der Waals surface area contributed by atoms with Crippen molar-refractivity contribution in [2.75, 3.05) is 59.5 Å². The summed E-state index contributed by atoms with van der Waals surface area (Å²) in [6.45, 7) is 3.45. The molecular formula is C17H26O9S. The molecule has 9 nitrogen and oxygen atoms in total. The highest BCUT2D eigenvalue weighted by Gasteiger charge is 2.19. The van der Waals surface area contributed by atoms with Gasteiger partial charge in [0.2, 0.25) is 0 Å². The SMILES string of the molecule is Cc1ccc(S(=O)(=O)OC(=O)COCCOCCOCCOCCO)cc1. The fourth-order valence-electron chi connectivity index (χ4n) is 1.78. The van der Waals surface area contributed by atoms with Gasteiger partial charge in [0, 0.05) is 0 Å². The third-order valence-electron chi connectivity index (χ3n) is 3.08. The van der Waals surface area contributed by atoms with Crippen molar-refractivity contribution < 1.29 is 41.4 Å². The summed E-state index contributed by atoms with van der Waals surface area (Å²) >= 11 is 0. The molecule has 27 heavy (non-hydrogen) atoms. The highest BCUT2D eigenvalue weighted by molar-refractivity contribution is 7.87. The molecule has 0 bridgehead atoms. The number of aliphatic hydroxyl groups excluding tert-OH is 1. The number of hydrogen-bond donors (Lipinski definition) is 1. The fourth-order valence-corrected chi connectivity index (χ4v) is 2.64. The maximum atomic E-state index is 11.9. The average Bonchev–Trinajstić information content (AvgIpc) is 2.62. The van der Waals surface area contributed by atoms with Gasteiger partial charge in [-0.3, -0.25) is 0 Å². The van der Waals surface area contributed by atoms with E-state index in [2.05, 4.69) is 4.18 Å². The number of carbonyl (C=O) groups is 1. The third kappa shape index (κ3) is 11.0. The van der Waals surface area contributed by atoms with Crippen molar-refractivity contribution in [1.82, 2.24) is 0 Å². The molecule has 0 radical (unpaired) electrons. The van der Waals surface area contributed by atoms with E-state index in [1.807, 2.05) is 6.92 Å². The largest absolute Gasteiger partial charge is 0.394 e. The summed E-state index contributed by atoms with van der Waals surface area (Å²) in [6.07, 6.45) is 0. The van der Waals surface area contributed by atoms with Crippen LogP contribution in [0.15, 0.2) is 29.2 Å². The summed E-state index contributed by atoms with van der Waals surface area (Å²) in [5.41, 5.74) is 0.893.